The molecule has 0 aromatic rings. The highest BCUT2D eigenvalue weighted by atomic mass is 16.3. The number of nitrogens with two attached hydrogens (primary N) is 1. The molecule has 0 bridgehead atoms. The van der Waals surface area contributed by atoms with E-state index in [1.54, 1.807) is 27.7 Å². The van der Waals surface area contributed by atoms with Crippen LogP contribution in [0, 0.1) is 0 Å². The van der Waals surface area contributed by atoms with Crippen LogP contribution in [0.3, 0.4) is 0 Å². The minimum atomic E-state index is -0.838. The number of hydrogen-bond donors (Lipinski definition) is 3. The fraction of sp³-hybridized carbons (Fsp3) is 0.833. The maximum absolute atomic E-state index is 9.64. The summed E-state index contributed by atoms with van der Waals surface area (Å²) in [6, 6.07) is -0.234. The van der Waals surface area contributed by atoms with Crippen LogP contribution < -0.4 is 5.73 Å². The van der Waals surface area contributed by atoms with Crippen LogP contribution in [0.4, 0.5) is 0 Å². The predicted octanol–water partition coefficient (Wildman–Crippen LogP) is 1.58. The van der Waals surface area contributed by atoms with Crippen LogP contribution in [-0.4, -0.2) is 27.5 Å². The molecule has 0 aliphatic carbocycles. The smallest absolute Gasteiger partial charge is 0.0774 e. The Morgan fingerprint density at radius 2 is 1.73 bits per heavy atom. The summed E-state index contributed by atoms with van der Waals surface area (Å²) >= 11 is 0. The van der Waals surface area contributed by atoms with Crippen molar-refractivity contribution < 1.29 is 10.2 Å². The molecule has 1 atom stereocenters. The quantitative estimate of drug-likeness (QED) is 0.610. The molecule has 0 aliphatic rings. The lowest BCUT2D eigenvalue weighted by molar-refractivity contribution is 0.0492. The van der Waals surface area contributed by atoms with E-state index >= 15 is 0 Å². The van der Waals surface area contributed by atoms with Crippen molar-refractivity contribution in [3.63, 3.8) is 0 Å². The normalized spacial score (nSPS) is 16.7. The molecule has 0 aliphatic heterocycles. The van der Waals surface area contributed by atoms with E-state index in [1.165, 1.54) is 0 Å². The lowest BCUT2D eigenvalue weighted by atomic mass is 9.93. The van der Waals surface area contributed by atoms with Gasteiger partial charge in [-0.2, -0.15) is 0 Å². The third-order valence-electron chi connectivity index (χ3n) is 2.36. The van der Waals surface area contributed by atoms with Crippen LogP contribution in [0.15, 0.2) is 11.6 Å². The molecule has 0 heterocycles. The highest BCUT2D eigenvalue weighted by molar-refractivity contribution is 5.06. The highest BCUT2D eigenvalue weighted by Crippen LogP contribution is 2.16. The van der Waals surface area contributed by atoms with E-state index in [0.29, 0.717) is 0 Å². The fourth-order valence-corrected chi connectivity index (χ4v) is 1.41. The topological polar surface area (TPSA) is 66.5 Å². The van der Waals surface area contributed by atoms with Crippen LogP contribution in [0.2, 0.25) is 0 Å². The second-order valence-electron chi connectivity index (χ2n) is 5.44. The highest BCUT2D eigenvalue weighted by Gasteiger charge is 2.22. The summed E-state index contributed by atoms with van der Waals surface area (Å²) in [7, 11) is 0. The van der Waals surface area contributed by atoms with Crippen molar-refractivity contribution in [1.82, 2.24) is 0 Å². The van der Waals surface area contributed by atoms with Crippen molar-refractivity contribution in [2.45, 2.75) is 64.7 Å². The summed E-state index contributed by atoms with van der Waals surface area (Å²) in [4.78, 5) is 0. The second kappa shape index (κ2) is 5.10. The summed E-state index contributed by atoms with van der Waals surface area (Å²) in [6.45, 7) is 8.88. The van der Waals surface area contributed by atoms with E-state index in [1.807, 2.05) is 13.0 Å². The van der Waals surface area contributed by atoms with Gasteiger partial charge in [0, 0.05) is 6.04 Å². The van der Waals surface area contributed by atoms with Crippen LogP contribution in [0.25, 0.3) is 0 Å². The van der Waals surface area contributed by atoms with Crippen molar-refractivity contribution in [2.75, 3.05) is 0 Å². The molecule has 0 fully saturated rings. The van der Waals surface area contributed by atoms with Gasteiger partial charge in [0.15, 0.2) is 0 Å². The molecule has 3 heteroatoms. The number of allylic oxidation sites excluding steroid dienone is 1. The Labute approximate surface area is 93.0 Å². The van der Waals surface area contributed by atoms with Gasteiger partial charge in [-0.15, -0.1) is 0 Å². The SMILES string of the molecule is CC(=CC(C)(C)O)CCC(N)C(C)(C)O. The molecule has 0 spiro atoms. The zero-order chi connectivity index (χ0) is 12.3. The van der Waals surface area contributed by atoms with Gasteiger partial charge in [0.2, 0.25) is 0 Å². The van der Waals surface area contributed by atoms with Gasteiger partial charge in [-0.25, -0.2) is 0 Å². The van der Waals surface area contributed by atoms with E-state index in [4.69, 9.17) is 5.73 Å². The van der Waals surface area contributed by atoms with Gasteiger partial charge < -0.3 is 15.9 Å². The zero-order valence-corrected chi connectivity index (χ0v) is 10.5. The van der Waals surface area contributed by atoms with E-state index in [9.17, 15) is 10.2 Å². The molecular weight excluding hydrogens is 190 g/mol. The van der Waals surface area contributed by atoms with Gasteiger partial charge in [-0.1, -0.05) is 11.6 Å². The molecule has 1 unspecified atom stereocenters. The molecule has 0 amide bonds. The monoisotopic (exact) mass is 215 g/mol. The third kappa shape index (κ3) is 7.54. The maximum Gasteiger partial charge on any atom is 0.0774 e. The second-order valence-corrected chi connectivity index (χ2v) is 5.44. The van der Waals surface area contributed by atoms with Gasteiger partial charge in [-0.05, 0) is 47.5 Å². The standard InChI is InChI=1S/C12H25NO2/c1-9(8-11(2,3)14)6-7-10(13)12(4,5)15/h8,10,14-15H,6-7,13H2,1-5H3. The Morgan fingerprint density at radius 1 is 1.27 bits per heavy atom. The van der Waals surface area contributed by atoms with Gasteiger partial charge in [0.05, 0.1) is 11.2 Å². The lowest BCUT2D eigenvalue weighted by Crippen LogP contribution is -2.42. The first-order valence-corrected chi connectivity index (χ1v) is 5.41. The molecule has 0 aromatic heterocycles. The Kier molecular flexibility index (Phi) is 4.97. The van der Waals surface area contributed by atoms with Crippen LogP contribution in [0.5, 0.6) is 0 Å². The molecule has 90 valence electrons. The van der Waals surface area contributed by atoms with Gasteiger partial charge in [-0.3, -0.25) is 0 Å². The van der Waals surface area contributed by atoms with Crippen molar-refractivity contribution in [1.29, 1.82) is 0 Å². The minimum Gasteiger partial charge on any atom is -0.389 e. The molecule has 0 saturated carbocycles. The zero-order valence-electron chi connectivity index (χ0n) is 10.5. The molecule has 0 rings (SSSR count). The minimum absolute atomic E-state index is 0.234. The van der Waals surface area contributed by atoms with E-state index in [2.05, 4.69) is 0 Å². The molecule has 4 N–H and O–H groups in total. The lowest BCUT2D eigenvalue weighted by Gasteiger charge is -2.25. The Balaban J connectivity index is 4.13. The molecule has 0 aromatic carbocycles. The summed E-state index contributed by atoms with van der Waals surface area (Å²) in [5, 5.41) is 19.2. The van der Waals surface area contributed by atoms with Crippen molar-refractivity contribution in [3.8, 4) is 0 Å². The number of hydrogen-bond acceptors (Lipinski definition) is 3. The first-order chi connectivity index (χ1) is 6.52. The van der Waals surface area contributed by atoms with Crippen LogP contribution in [-0.2, 0) is 0 Å². The van der Waals surface area contributed by atoms with Gasteiger partial charge >= 0.3 is 0 Å². The molecule has 3 nitrogen and oxygen atoms in total. The molecule has 0 saturated heterocycles. The first kappa shape index (κ1) is 14.6. The number of aliphatic hydroxyl groups is 2. The average Bonchev–Trinajstić information content (AvgIpc) is 1.94. The van der Waals surface area contributed by atoms with Gasteiger partial charge in [0.1, 0.15) is 0 Å². The van der Waals surface area contributed by atoms with E-state index < -0.39 is 11.2 Å². The summed E-state index contributed by atoms with van der Waals surface area (Å²) in [5.41, 5.74) is 5.31. The Bertz CT molecular complexity index is 221. The van der Waals surface area contributed by atoms with Crippen LogP contribution >= 0.6 is 0 Å². The summed E-state index contributed by atoms with van der Waals surface area (Å²) in [5.74, 6) is 0. The Morgan fingerprint density at radius 3 is 2.07 bits per heavy atom. The van der Waals surface area contributed by atoms with Gasteiger partial charge in [0.25, 0.3) is 0 Å². The number of rotatable bonds is 5. The summed E-state index contributed by atoms with van der Waals surface area (Å²) in [6.07, 6.45) is 3.35. The predicted molar refractivity (Wildman–Crippen MR) is 63.6 cm³/mol. The third-order valence-corrected chi connectivity index (χ3v) is 2.36. The Hall–Kier alpha value is -0.380. The van der Waals surface area contributed by atoms with Crippen molar-refractivity contribution >= 4 is 0 Å². The average molecular weight is 215 g/mol. The van der Waals surface area contributed by atoms with E-state index in [-0.39, 0.29) is 6.04 Å². The maximum atomic E-state index is 9.64. The molecular formula is C12H25NO2. The van der Waals surface area contributed by atoms with E-state index in [0.717, 1.165) is 18.4 Å². The summed E-state index contributed by atoms with van der Waals surface area (Å²) < 4.78 is 0. The van der Waals surface area contributed by atoms with Crippen molar-refractivity contribution in [2.24, 2.45) is 5.73 Å². The first-order valence-electron chi connectivity index (χ1n) is 5.41. The largest absolute Gasteiger partial charge is 0.389 e. The molecule has 0 radical (unpaired) electrons. The van der Waals surface area contributed by atoms with Crippen molar-refractivity contribution in [3.05, 3.63) is 11.6 Å². The fourth-order valence-electron chi connectivity index (χ4n) is 1.41. The molecule has 15 heavy (non-hydrogen) atoms. The van der Waals surface area contributed by atoms with Crippen LogP contribution in [0.1, 0.15) is 47.5 Å².